The van der Waals surface area contributed by atoms with Crippen LogP contribution in [0.25, 0.3) is 54.1 Å². The molecule has 0 saturated heterocycles. The van der Waals surface area contributed by atoms with Crippen LogP contribution in [-0.2, 0) is 9.53 Å². The number of fused-ring (bicyclic) bond motifs is 2. The molecule has 3 aromatic carbocycles. The molecule has 0 saturated carbocycles. The first kappa shape index (κ1) is 28.7. The molecule has 0 unspecified atom stereocenters. The Kier molecular flexibility index (Phi) is 7.38. The minimum Gasteiger partial charge on any atom is -0.479 e. The topological polar surface area (TPSA) is 111 Å². The monoisotopic (exact) mass is 608 g/mol. The second-order valence-electron chi connectivity index (χ2n) is 11.4. The number of nitrogens with zero attached hydrogens (tertiary/aromatic N) is 3. The average molecular weight is 609 g/mol. The van der Waals surface area contributed by atoms with Gasteiger partial charge < -0.3 is 15.6 Å². The van der Waals surface area contributed by atoms with E-state index in [4.69, 9.17) is 27.1 Å². The molecule has 3 aromatic heterocycles. The van der Waals surface area contributed by atoms with E-state index < -0.39 is 17.7 Å². The summed E-state index contributed by atoms with van der Waals surface area (Å²) in [5.41, 5.74) is 12.4. The number of benzene rings is 3. The molecular weight excluding hydrogens is 580 g/mol. The predicted molar refractivity (Wildman–Crippen MR) is 174 cm³/mol. The SMILES string of the molecule is Cc1cc2nc(-c3ccnc(-c4ccc5nc(N)ccc5c4)c3)sc2c(-c2ccc(Cl)cc2)c1[C@H](OC(C)(C)C)C(=O)O. The van der Waals surface area contributed by atoms with Crippen LogP contribution in [0.2, 0.25) is 5.02 Å². The van der Waals surface area contributed by atoms with Crippen molar-refractivity contribution in [1.82, 2.24) is 15.0 Å². The number of aromatic nitrogens is 3. The van der Waals surface area contributed by atoms with E-state index in [0.29, 0.717) is 16.4 Å². The molecule has 0 aliphatic carbocycles. The van der Waals surface area contributed by atoms with E-state index in [9.17, 15) is 9.90 Å². The van der Waals surface area contributed by atoms with Gasteiger partial charge in [0.25, 0.3) is 0 Å². The summed E-state index contributed by atoms with van der Waals surface area (Å²) in [5, 5.41) is 12.7. The van der Waals surface area contributed by atoms with Crippen LogP contribution in [0.4, 0.5) is 5.82 Å². The van der Waals surface area contributed by atoms with Gasteiger partial charge in [0.05, 0.1) is 27.0 Å². The quantitative estimate of drug-likeness (QED) is 0.194. The van der Waals surface area contributed by atoms with Crippen LogP contribution in [0, 0.1) is 6.92 Å². The number of carboxylic acids is 1. The van der Waals surface area contributed by atoms with Crippen molar-refractivity contribution in [2.24, 2.45) is 0 Å². The van der Waals surface area contributed by atoms with Gasteiger partial charge in [-0.25, -0.2) is 14.8 Å². The van der Waals surface area contributed by atoms with Crippen LogP contribution < -0.4 is 5.73 Å². The van der Waals surface area contributed by atoms with E-state index in [1.54, 1.807) is 24.4 Å². The Labute approximate surface area is 258 Å². The molecule has 216 valence electrons. The first-order valence-electron chi connectivity index (χ1n) is 13.7. The summed E-state index contributed by atoms with van der Waals surface area (Å²) in [6.07, 6.45) is 0.599. The van der Waals surface area contributed by atoms with Crippen molar-refractivity contribution >= 4 is 55.8 Å². The number of carboxylic acid groups (broad SMARTS) is 1. The number of carbonyl (C=O) groups is 1. The van der Waals surface area contributed by atoms with Crippen molar-refractivity contribution in [2.45, 2.75) is 39.4 Å². The standard InChI is InChI=1S/C34H29ClN4O3S/c1-18-15-26-31(29(19-5-9-23(35)10-6-19)28(18)30(33(40)41)42-34(2,3)4)43-32(39-26)22-13-14-37-25(17-22)21-7-11-24-20(16-21)8-12-27(36)38-24/h5-17,30H,1-4H3,(H2,36,38)(H,40,41)/t30-/m0/s1. The van der Waals surface area contributed by atoms with E-state index >= 15 is 0 Å². The molecule has 6 aromatic rings. The smallest absolute Gasteiger partial charge is 0.337 e. The van der Waals surface area contributed by atoms with E-state index in [-0.39, 0.29) is 0 Å². The highest BCUT2D eigenvalue weighted by atomic mass is 35.5. The number of aryl methyl sites for hydroxylation is 1. The highest BCUT2D eigenvalue weighted by Gasteiger charge is 2.32. The van der Waals surface area contributed by atoms with Crippen molar-refractivity contribution in [3.05, 3.63) is 95.1 Å². The highest BCUT2D eigenvalue weighted by Crippen LogP contribution is 2.44. The fourth-order valence-electron chi connectivity index (χ4n) is 5.18. The zero-order chi connectivity index (χ0) is 30.5. The number of thiazole rings is 1. The van der Waals surface area contributed by atoms with Crippen LogP contribution in [-0.4, -0.2) is 31.6 Å². The zero-order valence-electron chi connectivity index (χ0n) is 24.1. The Morgan fingerprint density at radius 2 is 1.67 bits per heavy atom. The molecule has 1 atom stereocenters. The molecule has 3 heterocycles. The summed E-state index contributed by atoms with van der Waals surface area (Å²) < 4.78 is 7.00. The Balaban J connectivity index is 1.52. The van der Waals surface area contributed by atoms with Crippen molar-refractivity contribution in [3.8, 4) is 33.0 Å². The Hall–Kier alpha value is -4.37. The summed E-state index contributed by atoms with van der Waals surface area (Å²) in [5.74, 6) is -0.573. The third-order valence-electron chi connectivity index (χ3n) is 7.03. The summed E-state index contributed by atoms with van der Waals surface area (Å²) in [4.78, 5) is 26.7. The number of rotatable bonds is 6. The molecule has 0 radical (unpaired) electrons. The summed E-state index contributed by atoms with van der Waals surface area (Å²) >= 11 is 7.74. The number of nitrogen functional groups attached to an aromatic ring is 1. The lowest BCUT2D eigenvalue weighted by Crippen LogP contribution is -2.28. The number of pyridine rings is 2. The third-order valence-corrected chi connectivity index (χ3v) is 8.42. The van der Waals surface area contributed by atoms with Crippen LogP contribution in [0.3, 0.4) is 0 Å². The Morgan fingerprint density at radius 1 is 0.930 bits per heavy atom. The van der Waals surface area contributed by atoms with Gasteiger partial charge in [-0.05, 0) is 93.4 Å². The number of hydrogen-bond donors (Lipinski definition) is 2. The van der Waals surface area contributed by atoms with Gasteiger partial charge in [0.15, 0.2) is 6.10 Å². The number of halogens is 1. The maximum atomic E-state index is 12.6. The van der Waals surface area contributed by atoms with Gasteiger partial charge in [-0.1, -0.05) is 29.8 Å². The molecule has 0 aliphatic heterocycles. The van der Waals surface area contributed by atoms with Crippen LogP contribution in [0.1, 0.15) is 38.0 Å². The minimum atomic E-state index is -1.18. The minimum absolute atomic E-state index is 0.479. The van der Waals surface area contributed by atoms with Crippen LogP contribution in [0.5, 0.6) is 0 Å². The first-order valence-corrected chi connectivity index (χ1v) is 14.9. The number of hydrogen-bond acceptors (Lipinski definition) is 7. The van der Waals surface area contributed by atoms with E-state index in [0.717, 1.165) is 59.6 Å². The lowest BCUT2D eigenvalue weighted by molar-refractivity contribution is -0.160. The van der Waals surface area contributed by atoms with Crippen molar-refractivity contribution in [2.75, 3.05) is 5.73 Å². The molecule has 0 aliphatic rings. The van der Waals surface area contributed by atoms with Gasteiger partial charge in [0.2, 0.25) is 0 Å². The second kappa shape index (κ2) is 11.0. The Bertz CT molecular complexity index is 2020. The fourth-order valence-corrected chi connectivity index (χ4v) is 6.43. The number of aliphatic carboxylic acids is 1. The van der Waals surface area contributed by atoms with Crippen LogP contribution >= 0.6 is 22.9 Å². The van der Waals surface area contributed by atoms with E-state index in [1.807, 2.05) is 82.3 Å². The average Bonchev–Trinajstić information content (AvgIpc) is 3.39. The van der Waals surface area contributed by atoms with Gasteiger partial charge in [-0.3, -0.25) is 4.98 Å². The maximum absolute atomic E-state index is 12.6. The molecule has 0 fully saturated rings. The molecule has 3 N–H and O–H groups in total. The van der Waals surface area contributed by atoms with Gasteiger partial charge in [-0.15, -0.1) is 11.3 Å². The number of anilines is 1. The molecule has 6 rings (SSSR count). The highest BCUT2D eigenvalue weighted by molar-refractivity contribution is 7.22. The number of ether oxygens (including phenoxy) is 1. The summed E-state index contributed by atoms with van der Waals surface area (Å²) in [6.45, 7) is 7.46. The Morgan fingerprint density at radius 3 is 2.40 bits per heavy atom. The molecule has 43 heavy (non-hydrogen) atoms. The van der Waals surface area contributed by atoms with Crippen molar-refractivity contribution in [1.29, 1.82) is 0 Å². The molecular formula is C34H29ClN4O3S. The lowest BCUT2D eigenvalue weighted by Gasteiger charge is -2.28. The van der Waals surface area contributed by atoms with Gasteiger partial charge in [0.1, 0.15) is 10.8 Å². The van der Waals surface area contributed by atoms with Crippen molar-refractivity contribution < 1.29 is 14.6 Å². The van der Waals surface area contributed by atoms with E-state index in [2.05, 4.69) is 9.97 Å². The second-order valence-corrected chi connectivity index (χ2v) is 12.8. The third kappa shape index (κ3) is 5.82. The molecule has 9 heteroatoms. The van der Waals surface area contributed by atoms with E-state index in [1.165, 1.54) is 11.3 Å². The largest absolute Gasteiger partial charge is 0.479 e. The molecule has 7 nitrogen and oxygen atoms in total. The number of nitrogens with two attached hydrogens (primary N) is 1. The van der Waals surface area contributed by atoms with Gasteiger partial charge in [0, 0.05) is 38.9 Å². The predicted octanol–water partition coefficient (Wildman–Crippen LogP) is 8.73. The molecule has 0 bridgehead atoms. The first-order chi connectivity index (χ1) is 20.5. The van der Waals surface area contributed by atoms with Gasteiger partial charge in [-0.2, -0.15) is 0 Å². The van der Waals surface area contributed by atoms with Crippen LogP contribution in [0.15, 0.2) is 79.0 Å². The maximum Gasteiger partial charge on any atom is 0.337 e. The zero-order valence-corrected chi connectivity index (χ0v) is 25.6. The molecule has 0 amide bonds. The summed E-state index contributed by atoms with van der Waals surface area (Å²) in [6, 6.07) is 23.0. The van der Waals surface area contributed by atoms with Crippen molar-refractivity contribution in [3.63, 3.8) is 0 Å². The summed E-state index contributed by atoms with van der Waals surface area (Å²) in [7, 11) is 0. The fraction of sp³-hybridized carbons (Fsp3) is 0.176. The van der Waals surface area contributed by atoms with Gasteiger partial charge >= 0.3 is 5.97 Å². The lowest BCUT2D eigenvalue weighted by atomic mass is 9.91. The molecule has 0 spiro atoms. The normalized spacial score (nSPS) is 12.6.